The molecule has 0 saturated heterocycles. The second-order valence-corrected chi connectivity index (χ2v) is 8.68. The van der Waals surface area contributed by atoms with E-state index in [-0.39, 0.29) is 24.5 Å². The number of hydrogen-bond acceptors (Lipinski definition) is 4. The van der Waals surface area contributed by atoms with Gasteiger partial charge in [0.25, 0.3) is 0 Å². The van der Waals surface area contributed by atoms with Crippen LogP contribution in [0, 0.1) is 5.92 Å². The number of aryl methyl sites for hydroxylation is 1. The Morgan fingerprint density at radius 2 is 2.03 bits per heavy atom. The molecule has 1 atom stereocenters. The molecular weight excluding hydrogens is 428 g/mol. The van der Waals surface area contributed by atoms with E-state index in [2.05, 4.69) is 4.98 Å². The summed E-state index contributed by atoms with van der Waals surface area (Å²) < 4.78 is 7.80. The van der Waals surface area contributed by atoms with Gasteiger partial charge in [-0.15, -0.1) is 0 Å². The number of rotatable bonds is 12. The Morgan fingerprint density at radius 3 is 2.78 bits per heavy atom. The molecule has 0 aliphatic heterocycles. The Kier molecular flexibility index (Phi) is 8.42. The molecule has 0 unspecified atom stereocenters. The summed E-state index contributed by atoms with van der Waals surface area (Å²) in [5.74, 6) is -1.11. The van der Waals surface area contributed by atoms with Crippen molar-refractivity contribution < 1.29 is 19.4 Å². The van der Waals surface area contributed by atoms with Crippen LogP contribution in [0.15, 0.2) is 42.7 Å². The van der Waals surface area contributed by atoms with Gasteiger partial charge in [-0.05, 0) is 48.9 Å². The van der Waals surface area contributed by atoms with Crippen LogP contribution in [0.4, 0.5) is 0 Å². The second-order valence-electron chi connectivity index (χ2n) is 8.24. The third kappa shape index (κ3) is 6.17. The highest BCUT2D eigenvalue weighted by atomic mass is 35.5. The third-order valence-corrected chi connectivity index (χ3v) is 5.81. The van der Waals surface area contributed by atoms with E-state index >= 15 is 0 Å². The number of nitrogens with zero attached hydrogens (tertiary/aromatic N) is 2. The van der Waals surface area contributed by atoms with Gasteiger partial charge in [-0.2, -0.15) is 0 Å². The first kappa shape index (κ1) is 24.0. The van der Waals surface area contributed by atoms with E-state index in [0.29, 0.717) is 23.8 Å². The van der Waals surface area contributed by atoms with Crippen LogP contribution < -0.4 is 0 Å². The number of benzene rings is 1. The summed E-state index contributed by atoms with van der Waals surface area (Å²) in [5, 5.41) is 10.6. The Labute approximate surface area is 193 Å². The first-order valence-corrected chi connectivity index (χ1v) is 11.2. The first-order valence-electron chi connectivity index (χ1n) is 10.8. The van der Waals surface area contributed by atoms with Crippen molar-refractivity contribution in [1.82, 2.24) is 9.55 Å². The molecule has 6 nitrogen and oxygen atoms in total. The molecule has 0 amide bonds. The number of fused-ring (bicyclic) bond motifs is 1. The summed E-state index contributed by atoms with van der Waals surface area (Å²) in [5.41, 5.74) is 3.62. The molecule has 0 spiro atoms. The largest absolute Gasteiger partial charge is 0.481 e. The minimum Gasteiger partial charge on any atom is -0.481 e. The van der Waals surface area contributed by atoms with Gasteiger partial charge >= 0.3 is 5.97 Å². The highest BCUT2D eigenvalue weighted by Crippen LogP contribution is 2.28. The van der Waals surface area contributed by atoms with Crippen LogP contribution in [0.3, 0.4) is 0 Å². The van der Waals surface area contributed by atoms with E-state index in [9.17, 15) is 9.59 Å². The zero-order valence-electron chi connectivity index (χ0n) is 18.5. The van der Waals surface area contributed by atoms with Gasteiger partial charge in [0.1, 0.15) is 0 Å². The predicted molar refractivity (Wildman–Crippen MR) is 125 cm³/mol. The molecule has 7 heteroatoms. The molecule has 2 aromatic heterocycles. The molecule has 0 fully saturated rings. The molecule has 170 valence electrons. The van der Waals surface area contributed by atoms with Gasteiger partial charge in [-0.25, -0.2) is 0 Å². The molecule has 0 radical (unpaired) electrons. The van der Waals surface area contributed by atoms with Gasteiger partial charge in [0.05, 0.1) is 18.3 Å². The molecule has 0 aliphatic rings. The van der Waals surface area contributed by atoms with E-state index in [1.54, 1.807) is 19.3 Å². The van der Waals surface area contributed by atoms with Crippen LogP contribution in [0.1, 0.15) is 54.2 Å². The summed E-state index contributed by atoms with van der Waals surface area (Å²) in [6.07, 6.45) is 6.13. The zero-order valence-corrected chi connectivity index (χ0v) is 19.3. The first-order chi connectivity index (χ1) is 15.4. The number of carboxylic acids is 1. The number of unbranched alkanes of at least 4 members (excludes halogenated alkanes) is 1. The number of aromatic nitrogens is 2. The minimum atomic E-state index is -0.884. The highest BCUT2D eigenvalue weighted by molar-refractivity contribution is 6.30. The Balaban J connectivity index is 1.63. The average Bonchev–Trinajstić information content (AvgIpc) is 3.02. The number of ketones is 1. The van der Waals surface area contributed by atoms with Crippen molar-refractivity contribution in [2.24, 2.45) is 13.0 Å². The minimum absolute atomic E-state index is 0.0113. The van der Waals surface area contributed by atoms with E-state index in [4.69, 9.17) is 21.4 Å². The molecule has 0 aliphatic carbocycles. The average molecular weight is 457 g/mol. The number of aliphatic carboxylic acids is 1. The smallest absolute Gasteiger partial charge is 0.303 e. The summed E-state index contributed by atoms with van der Waals surface area (Å²) in [6, 6.07) is 9.49. The van der Waals surface area contributed by atoms with Crippen molar-refractivity contribution >= 4 is 34.3 Å². The van der Waals surface area contributed by atoms with Crippen molar-refractivity contribution in [3.8, 4) is 0 Å². The molecule has 0 bridgehead atoms. The number of carbonyl (C=O) groups excluding carboxylic acids is 1. The standard InChI is InChI=1S/C25H29ClN2O4/c1-17(13-24(30)31)12-23(29)25-20-9-10-27-15-22(20)28(2)21(25)8-3-4-11-32-16-18-6-5-7-19(26)14-18/h5-7,9-10,14-15,17H,3-4,8,11-13,16H2,1-2H3,(H,30,31)/t17-/m0/s1. The Hall–Kier alpha value is -2.70. The SMILES string of the molecule is C[C@H](CC(=O)O)CC(=O)c1c(CCCCOCc2cccc(Cl)c2)n(C)c2cnccc12. The van der Waals surface area contributed by atoms with Crippen molar-refractivity contribution in [2.75, 3.05) is 6.61 Å². The van der Waals surface area contributed by atoms with E-state index in [1.165, 1.54) is 0 Å². The van der Waals surface area contributed by atoms with E-state index < -0.39 is 5.97 Å². The molecule has 1 N–H and O–H groups in total. The predicted octanol–water partition coefficient (Wildman–Crippen LogP) is 5.45. The van der Waals surface area contributed by atoms with Crippen LogP contribution in [-0.2, 0) is 29.6 Å². The number of halogens is 1. The number of hydrogen-bond donors (Lipinski definition) is 1. The van der Waals surface area contributed by atoms with Crippen molar-refractivity contribution in [3.63, 3.8) is 0 Å². The monoisotopic (exact) mass is 456 g/mol. The number of carbonyl (C=O) groups is 2. The summed E-state index contributed by atoms with van der Waals surface area (Å²) in [7, 11) is 1.95. The van der Waals surface area contributed by atoms with Crippen molar-refractivity contribution in [3.05, 3.63) is 64.6 Å². The van der Waals surface area contributed by atoms with Crippen LogP contribution in [0.2, 0.25) is 5.02 Å². The Bertz CT molecular complexity index is 1090. The van der Waals surface area contributed by atoms with Gasteiger partial charge in [-0.1, -0.05) is 30.7 Å². The van der Waals surface area contributed by atoms with Crippen LogP contribution in [-0.4, -0.2) is 33.0 Å². The normalized spacial score (nSPS) is 12.2. The Morgan fingerprint density at radius 1 is 1.22 bits per heavy atom. The summed E-state index contributed by atoms with van der Waals surface area (Å²) >= 11 is 6.00. The van der Waals surface area contributed by atoms with Gasteiger partial charge < -0.3 is 14.4 Å². The fourth-order valence-electron chi connectivity index (χ4n) is 4.04. The number of pyridine rings is 1. The molecule has 0 saturated carbocycles. The summed E-state index contributed by atoms with van der Waals surface area (Å²) in [6.45, 7) is 2.94. The zero-order chi connectivity index (χ0) is 23.1. The van der Waals surface area contributed by atoms with E-state index in [1.807, 2.05) is 41.9 Å². The molecule has 3 rings (SSSR count). The lowest BCUT2D eigenvalue weighted by Gasteiger charge is -2.11. The quantitative estimate of drug-likeness (QED) is 0.289. The summed E-state index contributed by atoms with van der Waals surface area (Å²) in [4.78, 5) is 28.4. The van der Waals surface area contributed by atoms with Gasteiger partial charge in [0, 0.05) is 54.4 Å². The number of Topliss-reactive ketones (excluding diaryl/α,β-unsaturated/α-hetero) is 1. The van der Waals surface area contributed by atoms with Gasteiger partial charge in [0.2, 0.25) is 0 Å². The lowest BCUT2D eigenvalue weighted by atomic mass is 9.94. The van der Waals surface area contributed by atoms with Crippen molar-refractivity contribution in [2.45, 2.75) is 45.6 Å². The molecular formula is C25H29ClN2O4. The molecule has 2 heterocycles. The van der Waals surface area contributed by atoms with E-state index in [0.717, 1.165) is 41.4 Å². The number of ether oxygens (including phenoxy) is 1. The van der Waals surface area contributed by atoms with Crippen LogP contribution in [0.5, 0.6) is 0 Å². The molecule has 1 aromatic carbocycles. The maximum atomic E-state index is 13.1. The van der Waals surface area contributed by atoms with Crippen molar-refractivity contribution in [1.29, 1.82) is 0 Å². The maximum absolute atomic E-state index is 13.1. The highest BCUT2D eigenvalue weighted by Gasteiger charge is 2.23. The van der Waals surface area contributed by atoms with Gasteiger partial charge in [0.15, 0.2) is 5.78 Å². The fraction of sp³-hybridized carbons (Fsp3) is 0.400. The number of carboxylic acid groups (broad SMARTS) is 1. The molecule has 32 heavy (non-hydrogen) atoms. The van der Waals surface area contributed by atoms with Crippen LogP contribution >= 0.6 is 11.6 Å². The lowest BCUT2D eigenvalue weighted by Crippen LogP contribution is -2.12. The topological polar surface area (TPSA) is 81.4 Å². The fourth-order valence-corrected chi connectivity index (χ4v) is 4.25. The van der Waals surface area contributed by atoms with Gasteiger partial charge in [-0.3, -0.25) is 14.6 Å². The second kappa shape index (κ2) is 11.2. The maximum Gasteiger partial charge on any atom is 0.303 e. The third-order valence-electron chi connectivity index (χ3n) is 5.57. The van der Waals surface area contributed by atoms with Crippen LogP contribution in [0.25, 0.3) is 10.9 Å². The molecule has 3 aromatic rings. The lowest BCUT2D eigenvalue weighted by molar-refractivity contribution is -0.137.